The summed E-state index contributed by atoms with van der Waals surface area (Å²) in [6.45, 7) is 2.41. The van der Waals surface area contributed by atoms with Crippen molar-refractivity contribution in [1.82, 2.24) is 15.0 Å². The zero-order chi connectivity index (χ0) is 12.3. The van der Waals surface area contributed by atoms with Crippen molar-refractivity contribution < 1.29 is 0 Å². The number of benzene rings is 1. The van der Waals surface area contributed by atoms with Crippen LogP contribution in [0.1, 0.15) is 11.6 Å². The van der Waals surface area contributed by atoms with Crippen LogP contribution < -0.4 is 5.73 Å². The van der Waals surface area contributed by atoms with Gasteiger partial charge in [-0.05, 0) is 25.6 Å². The van der Waals surface area contributed by atoms with Gasteiger partial charge >= 0.3 is 0 Å². The van der Waals surface area contributed by atoms with Crippen LogP contribution in [0.5, 0.6) is 0 Å². The third kappa shape index (κ3) is 3.08. The van der Waals surface area contributed by atoms with Crippen LogP contribution in [-0.4, -0.2) is 21.5 Å². The average Bonchev–Trinajstić information content (AvgIpc) is 2.28. The summed E-state index contributed by atoms with van der Waals surface area (Å²) in [6, 6.07) is 7.90. The molecule has 2 aromatic rings. The predicted molar refractivity (Wildman–Crippen MR) is 70.5 cm³/mol. The molecule has 0 radical (unpaired) electrons. The Hall–Kier alpha value is -1.33. The van der Waals surface area contributed by atoms with Crippen LogP contribution >= 0.6 is 15.9 Å². The highest BCUT2D eigenvalue weighted by atomic mass is 79.9. The minimum absolute atomic E-state index is 0.543. The Morgan fingerprint density at radius 3 is 2.76 bits per heavy atom. The van der Waals surface area contributed by atoms with Crippen LogP contribution in [0.25, 0.3) is 11.4 Å². The quantitative estimate of drug-likeness (QED) is 0.941. The number of hydrogen-bond acceptors (Lipinski definition) is 4. The molecule has 2 N–H and O–H groups in total. The van der Waals surface area contributed by atoms with Crippen LogP contribution in [0, 0.1) is 6.92 Å². The van der Waals surface area contributed by atoms with Gasteiger partial charge in [-0.15, -0.1) is 0 Å². The van der Waals surface area contributed by atoms with Crippen LogP contribution in [0.4, 0.5) is 0 Å². The molecule has 0 spiro atoms. The van der Waals surface area contributed by atoms with E-state index >= 15 is 0 Å². The van der Waals surface area contributed by atoms with Gasteiger partial charge in [0.25, 0.3) is 0 Å². The number of nitrogens with two attached hydrogens (primary N) is 1. The molecule has 0 amide bonds. The Morgan fingerprint density at radius 1 is 1.24 bits per heavy atom. The van der Waals surface area contributed by atoms with E-state index in [1.807, 2.05) is 31.2 Å². The Bertz CT molecular complexity index is 528. The van der Waals surface area contributed by atoms with Crippen LogP contribution in [-0.2, 0) is 6.42 Å². The smallest absolute Gasteiger partial charge is 0.163 e. The minimum atomic E-state index is 0.543. The first-order chi connectivity index (χ1) is 8.19. The summed E-state index contributed by atoms with van der Waals surface area (Å²) in [5.74, 6) is 2.16. The maximum absolute atomic E-state index is 5.52. The van der Waals surface area contributed by atoms with Crippen molar-refractivity contribution in [3.8, 4) is 11.4 Å². The molecule has 5 heteroatoms. The predicted octanol–water partition coefficient (Wildman–Crippen LogP) is 2.11. The summed E-state index contributed by atoms with van der Waals surface area (Å²) in [4.78, 5) is 13.0. The molecule has 1 heterocycles. The van der Waals surface area contributed by atoms with Gasteiger partial charge in [-0.25, -0.2) is 15.0 Å². The van der Waals surface area contributed by atoms with E-state index in [2.05, 4.69) is 30.9 Å². The lowest BCUT2D eigenvalue weighted by Gasteiger charge is -2.04. The van der Waals surface area contributed by atoms with Crippen molar-refractivity contribution in [2.75, 3.05) is 6.54 Å². The lowest BCUT2D eigenvalue weighted by atomic mass is 10.2. The Morgan fingerprint density at radius 2 is 2.06 bits per heavy atom. The molecule has 0 bridgehead atoms. The van der Waals surface area contributed by atoms with Crippen LogP contribution in [0.2, 0.25) is 0 Å². The molecule has 17 heavy (non-hydrogen) atoms. The molecule has 0 aliphatic carbocycles. The molecule has 88 valence electrons. The first-order valence-electron chi connectivity index (χ1n) is 5.36. The molecule has 1 aromatic heterocycles. The second kappa shape index (κ2) is 5.33. The van der Waals surface area contributed by atoms with E-state index in [-0.39, 0.29) is 0 Å². The van der Waals surface area contributed by atoms with Crippen molar-refractivity contribution in [2.45, 2.75) is 13.3 Å². The number of hydrogen-bond donors (Lipinski definition) is 1. The Balaban J connectivity index is 2.44. The monoisotopic (exact) mass is 292 g/mol. The molecule has 2 rings (SSSR count). The third-order valence-corrected chi connectivity index (χ3v) is 2.74. The molecule has 0 saturated heterocycles. The van der Waals surface area contributed by atoms with Crippen LogP contribution in [0.3, 0.4) is 0 Å². The number of rotatable bonds is 3. The molecule has 0 aliphatic heterocycles. The maximum Gasteiger partial charge on any atom is 0.163 e. The normalized spacial score (nSPS) is 10.5. The van der Waals surface area contributed by atoms with E-state index in [1.54, 1.807) is 0 Å². The van der Waals surface area contributed by atoms with E-state index in [0.717, 1.165) is 21.7 Å². The Kier molecular flexibility index (Phi) is 3.81. The largest absolute Gasteiger partial charge is 0.330 e. The summed E-state index contributed by atoms with van der Waals surface area (Å²) >= 11 is 3.44. The number of nitrogens with zero attached hydrogens (tertiary/aromatic N) is 3. The highest BCUT2D eigenvalue weighted by Crippen LogP contribution is 2.19. The summed E-state index contributed by atoms with van der Waals surface area (Å²) in [5, 5.41) is 0. The molecular weight excluding hydrogens is 280 g/mol. The van der Waals surface area contributed by atoms with Gasteiger partial charge < -0.3 is 5.73 Å². The van der Waals surface area contributed by atoms with E-state index < -0.39 is 0 Å². The van der Waals surface area contributed by atoms with Crippen molar-refractivity contribution in [1.29, 1.82) is 0 Å². The number of halogens is 1. The molecule has 1 aromatic carbocycles. The summed E-state index contributed by atoms with van der Waals surface area (Å²) in [5.41, 5.74) is 6.49. The molecular formula is C12H13BrN4. The van der Waals surface area contributed by atoms with Gasteiger partial charge in [-0.1, -0.05) is 28.1 Å². The second-order valence-corrected chi connectivity index (χ2v) is 4.59. The molecule has 0 atom stereocenters. The first kappa shape index (κ1) is 12.1. The molecule has 0 aliphatic rings. The average molecular weight is 293 g/mol. The van der Waals surface area contributed by atoms with Gasteiger partial charge in [0.05, 0.1) is 0 Å². The van der Waals surface area contributed by atoms with Crippen molar-refractivity contribution in [3.63, 3.8) is 0 Å². The molecule has 0 fully saturated rings. The standard InChI is InChI=1S/C12H13BrN4/c1-8-15-11(5-6-14)17-12(16-8)9-3-2-4-10(13)7-9/h2-4,7H,5-6,14H2,1H3. The van der Waals surface area contributed by atoms with E-state index in [4.69, 9.17) is 5.73 Å². The number of aryl methyl sites for hydroxylation is 1. The summed E-state index contributed by atoms with van der Waals surface area (Å²) < 4.78 is 1.01. The van der Waals surface area contributed by atoms with E-state index in [1.165, 1.54) is 0 Å². The van der Waals surface area contributed by atoms with Crippen molar-refractivity contribution in [2.24, 2.45) is 5.73 Å². The summed E-state index contributed by atoms with van der Waals surface area (Å²) in [7, 11) is 0. The third-order valence-electron chi connectivity index (χ3n) is 2.24. The highest BCUT2D eigenvalue weighted by molar-refractivity contribution is 9.10. The fraction of sp³-hybridized carbons (Fsp3) is 0.250. The summed E-state index contributed by atoms with van der Waals surface area (Å²) in [6.07, 6.45) is 0.671. The van der Waals surface area contributed by atoms with E-state index in [0.29, 0.717) is 18.8 Å². The van der Waals surface area contributed by atoms with Gasteiger partial charge in [0, 0.05) is 16.5 Å². The fourth-order valence-corrected chi connectivity index (χ4v) is 1.93. The van der Waals surface area contributed by atoms with Crippen molar-refractivity contribution >= 4 is 15.9 Å². The van der Waals surface area contributed by atoms with Gasteiger partial charge in [-0.2, -0.15) is 0 Å². The molecule has 4 nitrogen and oxygen atoms in total. The number of aromatic nitrogens is 3. The zero-order valence-electron chi connectivity index (χ0n) is 9.52. The van der Waals surface area contributed by atoms with Gasteiger partial charge in [-0.3, -0.25) is 0 Å². The molecule has 0 saturated carbocycles. The van der Waals surface area contributed by atoms with Gasteiger partial charge in [0.2, 0.25) is 0 Å². The maximum atomic E-state index is 5.52. The minimum Gasteiger partial charge on any atom is -0.330 e. The lowest BCUT2D eigenvalue weighted by Crippen LogP contribution is -2.09. The molecule has 0 unspecified atom stereocenters. The van der Waals surface area contributed by atoms with Crippen LogP contribution in [0.15, 0.2) is 28.7 Å². The first-order valence-corrected chi connectivity index (χ1v) is 6.16. The fourth-order valence-electron chi connectivity index (χ4n) is 1.53. The van der Waals surface area contributed by atoms with Gasteiger partial charge in [0.1, 0.15) is 11.6 Å². The van der Waals surface area contributed by atoms with Crippen molar-refractivity contribution in [3.05, 3.63) is 40.4 Å². The highest BCUT2D eigenvalue weighted by Gasteiger charge is 2.06. The van der Waals surface area contributed by atoms with Gasteiger partial charge in [0.15, 0.2) is 5.82 Å². The zero-order valence-corrected chi connectivity index (χ0v) is 11.1. The topological polar surface area (TPSA) is 64.7 Å². The lowest BCUT2D eigenvalue weighted by molar-refractivity contribution is 0.827. The Labute approximate surface area is 108 Å². The SMILES string of the molecule is Cc1nc(CCN)nc(-c2cccc(Br)c2)n1. The van der Waals surface area contributed by atoms with E-state index in [9.17, 15) is 0 Å². The second-order valence-electron chi connectivity index (χ2n) is 3.67.